The third kappa shape index (κ3) is 4.33. The van der Waals surface area contributed by atoms with Gasteiger partial charge in [-0.25, -0.2) is 4.39 Å². The van der Waals surface area contributed by atoms with Gasteiger partial charge in [0.15, 0.2) is 0 Å². The summed E-state index contributed by atoms with van der Waals surface area (Å²) in [5.41, 5.74) is 2.14. The highest BCUT2D eigenvalue weighted by atomic mass is 79.9. The first kappa shape index (κ1) is 15.5. The Morgan fingerprint density at radius 2 is 2.00 bits per heavy atom. The second-order valence-corrected chi connectivity index (χ2v) is 6.59. The Labute approximate surface area is 131 Å². The van der Waals surface area contributed by atoms with Crippen molar-refractivity contribution >= 4 is 27.7 Å². The number of hydrogen-bond donors (Lipinski definition) is 1. The van der Waals surface area contributed by atoms with E-state index in [4.69, 9.17) is 0 Å². The summed E-state index contributed by atoms with van der Waals surface area (Å²) in [6.45, 7) is 2.06. The second kappa shape index (κ2) is 7.25. The summed E-state index contributed by atoms with van der Waals surface area (Å²) in [5, 5.41) is 10.1. The van der Waals surface area contributed by atoms with Crippen molar-refractivity contribution in [3.8, 4) is 0 Å². The van der Waals surface area contributed by atoms with Gasteiger partial charge in [-0.2, -0.15) is 0 Å². The maximum absolute atomic E-state index is 13.0. The molecule has 0 aliphatic heterocycles. The number of hydrogen-bond acceptors (Lipinski definition) is 2. The molecule has 2 aromatic rings. The van der Waals surface area contributed by atoms with Crippen LogP contribution >= 0.6 is 27.7 Å². The van der Waals surface area contributed by atoms with Crippen molar-refractivity contribution in [1.82, 2.24) is 0 Å². The van der Waals surface area contributed by atoms with E-state index in [1.165, 1.54) is 22.6 Å². The minimum atomic E-state index is -0.457. The lowest BCUT2D eigenvalue weighted by Gasteiger charge is -2.12. The smallest absolute Gasteiger partial charge is 0.124 e. The molecule has 0 aliphatic rings. The summed E-state index contributed by atoms with van der Waals surface area (Å²) >= 11 is 4.97. The number of aryl methyl sites for hydroxylation is 1. The van der Waals surface area contributed by atoms with E-state index in [0.717, 1.165) is 5.56 Å². The van der Waals surface area contributed by atoms with Gasteiger partial charge in [0, 0.05) is 21.5 Å². The van der Waals surface area contributed by atoms with Gasteiger partial charge in [-0.15, -0.1) is 11.8 Å². The van der Waals surface area contributed by atoms with Crippen LogP contribution in [0.1, 0.15) is 11.1 Å². The van der Waals surface area contributed by atoms with Crippen molar-refractivity contribution in [3.63, 3.8) is 0 Å². The summed E-state index contributed by atoms with van der Waals surface area (Å²) in [4.78, 5) is 1.18. The molecule has 0 saturated carbocycles. The molecule has 0 amide bonds. The van der Waals surface area contributed by atoms with Gasteiger partial charge in [0.25, 0.3) is 0 Å². The maximum Gasteiger partial charge on any atom is 0.124 e. The normalized spacial score (nSPS) is 12.4. The minimum Gasteiger partial charge on any atom is -0.392 e. The van der Waals surface area contributed by atoms with Crippen LogP contribution in [-0.2, 0) is 6.42 Å². The molecule has 106 valence electrons. The summed E-state index contributed by atoms with van der Waals surface area (Å²) in [7, 11) is 0. The molecule has 0 aromatic heterocycles. The van der Waals surface area contributed by atoms with Crippen LogP contribution in [0.25, 0.3) is 0 Å². The molecular weight excluding hydrogens is 339 g/mol. The lowest BCUT2D eigenvalue weighted by molar-refractivity contribution is 0.200. The second-order valence-electron chi connectivity index (χ2n) is 4.67. The zero-order valence-electron chi connectivity index (χ0n) is 11.1. The molecule has 2 aromatic carbocycles. The fourth-order valence-electron chi connectivity index (χ4n) is 1.90. The van der Waals surface area contributed by atoms with E-state index in [1.54, 1.807) is 17.8 Å². The average Bonchev–Trinajstić information content (AvgIpc) is 2.41. The molecule has 1 N–H and O–H groups in total. The Balaban J connectivity index is 1.92. The van der Waals surface area contributed by atoms with Crippen molar-refractivity contribution in [2.45, 2.75) is 24.3 Å². The van der Waals surface area contributed by atoms with Crippen molar-refractivity contribution in [3.05, 3.63) is 63.9 Å². The SMILES string of the molecule is Cc1ccccc1SCC(O)Cc1ccc(F)cc1Br. The van der Waals surface area contributed by atoms with Crippen LogP contribution in [0.5, 0.6) is 0 Å². The quantitative estimate of drug-likeness (QED) is 0.792. The topological polar surface area (TPSA) is 20.2 Å². The molecule has 0 heterocycles. The van der Waals surface area contributed by atoms with Crippen LogP contribution < -0.4 is 0 Å². The number of aliphatic hydroxyl groups excluding tert-OH is 1. The zero-order valence-corrected chi connectivity index (χ0v) is 13.5. The summed E-state index contributed by atoms with van der Waals surface area (Å²) < 4.78 is 13.7. The lowest BCUT2D eigenvalue weighted by atomic mass is 10.1. The molecule has 4 heteroatoms. The van der Waals surface area contributed by atoms with Crippen molar-refractivity contribution < 1.29 is 9.50 Å². The van der Waals surface area contributed by atoms with Gasteiger partial charge in [-0.05, 0) is 36.2 Å². The Bertz CT molecular complexity index is 588. The number of aliphatic hydroxyl groups is 1. The Morgan fingerprint density at radius 3 is 2.70 bits per heavy atom. The zero-order chi connectivity index (χ0) is 14.5. The Hall–Kier alpha value is -0.840. The van der Waals surface area contributed by atoms with E-state index in [-0.39, 0.29) is 5.82 Å². The minimum absolute atomic E-state index is 0.274. The van der Waals surface area contributed by atoms with Crippen molar-refractivity contribution in [2.75, 3.05) is 5.75 Å². The van der Waals surface area contributed by atoms with E-state index in [1.807, 2.05) is 12.1 Å². The van der Waals surface area contributed by atoms with Gasteiger partial charge in [0.2, 0.25) is 0 Å². The number of thioether (sulfide) groups is 1. The van der Waals surface area contributed by atoms with E-state index in [0.29, 0.717) is 16.6 Å². The fraction of sp³-hybridized carbons (Fsp3) is 0.250. The predicted octanol–water partition coefficient (Wildman–Crippen LogP) is 4.59. The monoisotopic (exact) mass is 354 g/mol. The van der Waals surface area contributed by atoms with E-state index < -0.39 is 6.10 Å². The number of rotatable bonds is 5. The molecule has 1 unspecified atom stereocenters. The van der Waals surface area contributed by atoms with E-state index >= 15 is 0 Å². The predicted molar refractivity (Wildman–Crippen MR) is 85.7 cm³/mol. The summed E-state index contributed by atoms with van der Waals surface area (Å²) in [6.07, 6.45) is 0.0566. The number of benzene rings is 2. The molecule has 0 fully saturated rings. The van der Waals surface area contributed by atoms with Crippen LogP contribution in [0, 0.1) is 12.7 Å². The summed E-state index contributed by atoms with van der Waals surface area (Å²) in [6, 6.07) is 12.7. The maximum atomic E-state index is 13.0. The molecule has 2 rings (SSSR count). The fourth-order valence-corrected chi connectivity index (χ4v) is 3.38. The first-order valence-electron chi connectivity index (χ1n) is 6.36. The van der Waals surface area contributed by atoms with Crippen LogP contribution in [0.15, 0.2) is 51.8 Å². The largest absolute Gasteiger partial charge is 0.392 e. The van der Waals surface area contributed by atoms with Crippen LogP contribution in [0.3, 0.4) is 0 Å². The molecule has 0 spiro atoms. The standard InChI is InChI=1S/C16H16BrFOS/c1-11-4-2-3-5-16(11)20-10-14(19)8-12-6-7-13(18)9-15(12)17/h2-7,9,14,19H,8,10H2,1H3. The first-order valence-corrected chi connectivity index (χ1v) is 8.14. The molecule has 0 saturated heterocycles. The lowest BCUT2D eigenvalue weighted by Crippen LogP contribution is -2.14. The third-order valence-corrected chi connectivity index (χ3v) is 5.05. The Kier molecular flexibility index (Phi) is 5.64. The molecule has 20 heavy (non-hydrogen) atoms. The van der Waals surface area contributed by atoms with Gasteiger partial charge >= 0.3 is 0 Å². The molecule has 1 nitrogen and oxygen atoms in total. The molecule has 0 aliphatic carbocycles. The van der Waals surface area contributed by atoms with Crippen molar-refractivity contribution in [1.29, 1.82) is 0 Å². The van der Waals surface area contributed by atoms with Crippen LogP contribution in [-0.4, -0.2) is 17.0 Å². The van der Waals surface area contributed by atoms with Crippen molar-refractivity contribution in [2.24, 2.45) is 0 Å². The van der Waals surface area contributed by atoms with E-state index in [9.17, 15) is 9.50 Å². The molecule has 1 atom stereocenters. The van der Waals surface area contributed by atoms with Crippen LogP contribution in [0.4, 0.5) is 4.39 Å². The number of halogens is 2. The van der Waals surface area contributed by atoms with E-state index in [2.05, 4.69) is 35.0 Å². The van der Waals surface area contributed by atoms with Gasteiger partial charge in [0.05, 0.1) is 6.10 Å². The van der Waals surface area contributed by atoms with Gasteiger partial charge < -0.3 is 5.11 Å². The highest BCUT2D eigenvalue weighted by Gasteiger charge is 2.10. The summed E-state index contributed by atoms with van der Waals surface area (Å²) in [5.74, 6) is 0.346. The molecule has 0 radical (unpaired) electrons. The highest BCUT2D eigenvalue weighted by Crippen LogP contribution is 2.25. The van der Waals surface area contributed by atoms with Crippen LogP contribution in [0.2, 0.25) is 0 Å². The average molecular weight is 355 g/mol. The van der Waals surface area contributed by atoms with Gasteiger partial charge in [-0.1, -0.05) is 40.2 Å². The highest BCUT2D eigenvalue weighted by molar-refractivity contribution is 9.10. The molecular formula is C16H16BrFOS. The van der Waals surface area contributed by atoms with Gasteiger partial charge in [-0.3, -0.25) is 0 Å². The Morgan fingerprint density at radius 1 is 1.25 bits per heavy atom. The molecule has 0 bridgehead atoms. The third-order valence-electron chi connectivity index (χ3n) is 3.00. The van der Waals surface area contributed by atoms with Gasteiger partial charge in [0.1, 0.15) is 5.82 Å². The first-order chi connectivity index (χ1) is 9.56.